The number of halogens is 1. The number of hydrogen-bond acceptors (Lipinski definition) is 8. The Morgan fingerprint density at radius 2 is 1.65 bits per heavy atom. The number of nitrogen functional groups attached to an aromatic ring is 1. The summed E-state index contributed by atoms with van der Waals surface area (Å²) in [6.45, 7) is 1.20. The molecule has 0 unspecified atom stereocenters. The van der Waals surface area contributed by atoms with Crippen LogP contribution in [0.2, 0.25) is 0 Å². The van der Waals surface area contributed by atoms with Crippen molar-refractivity contribution in [2.75, 3.05) is 18.8 Å². The molecular formula is C29H27FN6O4. The van der Waals surface area contributed by atoms with E-state index in [1.54, 1.807) is 18.2 Å². The summed E-state index contributed by atoms with van der Waals surface area (Å²) >= 11 is 0. The van der Waals surface area contributed by atoms with Gasteiger partial charge in [0.1, 0.15) is 22.6 Å². The van der Waals surface area contributed by atoms with Gasteiger partial charge in [-0.3, -0.25) is 19.4 Å². The number of carbonyl (C=O) groups is 3. The quantitative estimate of drug-likeness (QED) is 0.233. The second-order valence-corrected chi connectivity index (χ2v) is 9.54. The van der Waals surface area contributed by atoms with Gasteiger partial charge in [-0.1, -0.05) is 18.2 Å². The highest BCUT2D eigenvalue weighted by atomic mass is 19.1. The Morgan fingerprint density at radius 3 is 2.42 bits per heavy atom. The molecule has 0 spiro atoms. The molecule has 1 aliphatic rings. The normalized spacial score (nSPS) is 17.1. The van der Waals surface area contributed by atoms with Crippen LogP contribution in [0.4, 0.5) is 10.2 Å². The molecule has 4 aromatic rings. The number of amides is 2. The lowest BCUT2D eigenvalue weighted by Gasteiger charge is -2.27. The van der Waals surface area contributed by atoms with Crippen LogP contribution in [0.25, 0.3) is 10.9 Å². The predicted octanol–water partition coefficient (Wildman–Crippen LogP) is 2.57. The number of nitrogens with zero attached hydrogens (tertiary/aromatic N) is 2. The number of hydrogen-bond donors (Lipinski definition) is 5. The first-order chi connectivity index (χ1) is 19.3. The summed E-state index contributed by atoms with van der Waals surface area (Å²) in [5.74, 6) is -2.62. The fraction of sp³-hybridized carbons (Fsp3) is 0.207. The van der Waals surface area contributed by atoms with Gasteiger partial charge in [-0.25, -0.2) is 9.37 Å². The predicted molar refractivity (Wildman–Crippen MR) is 147 cm³/mol. The van der Waals surface area contributed by atoms with Crippen LogP contribution < -0.4 is 21.7 Å². The number of phenols is 1. The molecule has 6 N–H and O–H groups in total. The van der Waals surface area contributed by atoms with Crippen molar-refractivity contribution in [2.45, 2.75) is 24.9 Å². The van der Waals surface area contributed by atoms with Gasteiger partial charge in [0.25, 0.3) is 11.8 Å². The molecule has 1 fully saturated rings. The third-order valence-corrected chi connectivity index (χ3v) is 6.85. The van der Waals surface area contributed by atoms with Crippen molar-refractivity contribution in [2.24, 2.45) is 0 Å². The van der Waals surface area contributed by atoms with Crippen LogP contribution >= 0.6 is 0 Å². The van der Waals surface area contributed by atoms with Crippen LogP contribution in [-0.4, -0.2) is 57.8 Å². The first-order valence-electron chi connectivity index (χ1n) is 12.8. The lowest BCUT2D eigenvalue weighted by atomic mass is 9.98. The summed E-state index contributed by atoms with van der Waals surface area (Å²) in [4.78, 5) is 46.9. The Kier molecular flexibility index (Phi) is 7.65. The van der Waals surface area contributed by atoms with Gasteiger partial charge < -0.3 is 26.8 Å². The summed E-state index contributed by atoms with van der Waals surface area (Å²) < 4.78 is 15.1. The fourth-order valence-corrected chi connectivity index (χ4v) is 4.77. The molecule has 0 saturated carbocycles. The highest BCUT2D eigenvalue weighted by molar-refractivity contribution is 6.13. The number of phenolic OH excluding ortho intramolecular Hbond substituents is 1. The van der Waals surface area contributed by atoms with Crippen LogP contribution in [-0.2, 0) is 0 Å². The van der Waals surface area contributed by atoms with E-state index in [0.29, 0.717) is 23.9 Å². The average Bonchev–Trinajstić information content (AvgIpc) is 3.17. The number of nitrogens with two attached hydrogens (primary N) is 1. The molecule has 1 saturated heterocycles. The molecule has 10 nitrogen and oxygen atoms in total. The molecule has 0 bridgehead atoms. The summed E-state index contributed by atoms with van der Waals surface area (Å²) in [5.41, 5.74) is 5.94. The molecule has 40 heavy (non-hydrogen) atoms. The van der Waals surface area contributed by atoms with Gasteiger partial charge in [-0.2, -0.15) is 0 Å². The monoisotopic (exact) mass is 542 g/mol. The summed E-state index contributed by atoms with van der Waals surface area (Å²) in [5, 5.41) is 19.9. The first-order valence-corrected chi connectivity index (χ1v) is 12.8. The molecule has 5 rings (SSSR count). The topological polar surface area (TPSA) is 159 Å². The van der Waals surface area contributed by atoms with E-state index < -0.39 is 22.9 Å². The third-order valence-electron chi connectivity index (χ3n) is 6.85. The standard InChI is InChI=1S/C29H27FN6O4/c30-25-24(22(37)13-18-3-1-11-34-26(18)25)27(38)16-5-7-17(8-6-16)28(39)35-20-4-2-10-32-15-21(20)36-29(40)19-9-12-33-23(31)14-19/h1,3,5-9,11-14,20-21,32,37H,2,4,10,15H2,(H2,31,33)(H,35,39)(H,36,40)/t20-,21-/m1/s1. The zero-order chi connectivity index (χ0) is 28.2. The van der Waals surface area contributed by atoms with Crippen molar-refractivity contribution in [3.63, 3.8) is 0 Å². The number of benzene rings is 2. The molecular weight excluding hydrogens is 515 g/mol. The minimum atomic E-state index is -0.910. The fourth-order valence-electron chi connectivity index (χ4n) is 4.77. The average molecular weight is 543 g/mol. The first kappa shape index (κ1) is 26.7. The number of aromatic hydroxyl groups is 1. The van der Waals surface area contributed by atoms with Crippen LogP contribution in [0, 0.1) is 5.82 Å². The zero-order valence-electron chi connectivity index (χ0n) is 21.4. The van der Waals surface area contributed by atoms with Gasteiger partial charge in [0, 0.05) is 41.0 Å². The lowest BCUT2D eigenvalue weighted by Crippen LogP contribution is -2.54. The van der Waals surface area contributed by atoms with Crippen LogP contribution in [0.3, 0.4) is 0 Å². The van der Waals surface area contributed by atoms with Gasteiger partial charge in [0.05, 0.1) is 12.1 Å². The van der Waals surface area contributed by atoms with Crippen LogP contribution in [0.1, 0.15) is 49.5 Å². The molecule has 1 aliphatic heterocycles. The van der Waals surface area contributed by atoms with E-state index >= 15 is 4.39 Å². The summed E-state index contributed by atoms with van der Waals surface area (Å²) in [6.07, 6.45) is 4.28. The van der Waals surface area contributed by atoms with E-state index in [-0.39, 0.29) is 46.4 Å². The molecule has 204 valence electrons. The molecule has 0 radical (unpaired) electrons. The molecule has 2 aromatic heterocycles. The van der Waals surface area contributed by atoms with Crippen molar-refractivity contribution in [1.82, 2.24) is 25.9 Å². The second-order valence-electron chi connectivity index (χ2n) is 9.54. The van der Waals surface area contributed by atoms with E-state index in [1.807, 2.05) is 0 Å². The molecule has 2 atom stereocenters. The van der Waals surface area contributed by atoms with Crippen molar-refractivity contribution >= 4 is 34.3 Å². The summed E-state index contributed by atoms with van der Waals surface area (Å²) in [6, 6.07) is 12.5. The Balaban J connectivity index is 1.30. The van der Waals surface area contributed by atoms with Crippen LogP contribution in [0.5, 0.6) is 5.75 Å². The van der Waals surface area contributed by atoms with Crippen molar-refractivity contribution in [1.29, 1.82) is 0 Å². The van der Waals surface area contributed by atoms with Crippen molar-refractivity contribution in [3.8, 4) is 5.75 Å². The lowest BCUT2D eigenvalue weighted by molar-refractivity contribution is 0.0882. The Morgan fingerprint density at radius 1 is 0.925 bits per heavy atom. The number of fused-ring (bicyclic) bond motifs is 1. The van der Waals surface area contributed by atoms with E-state index in [9.17, 15) is 19.5 Å². The molecule has 2 aromatic carbocycles. The molecule has 11 heteroatoms. The molecule has 2 amide bonds. The number of rotatable bonds is 6. The molecule has 0 aliphatic carbocycles. The van der Waals surface area contributed by atoms with E-state index in [1.165, 1.54) is 48.8 Å². The SMILES string of the molecule is Nc1cc(C(=O)N[C@@H]2CNCCC[C@H]2NC(=O)c2ccc(C(=O)c3c(O)cc4cccnc4c3F)cc2)ccn1. The Labute approximate surface area is 228 Å². The maximum Gasteiger partial charge on any atom is 0.251 e. The zero-order valence-corrected chi connectivity index (χ0v) is 21.4. The van der Waals surface area contributed by atoms with Crippen molar-refractivity contribution < 1.29 is 23.9 Å². The maximum absolute atomic E-state index is 15.1. The molecule has 3 heterocycles. The van der Waals surface area contributed by atoms with Crippen molar-refractivity contribution in [3.05, 3.63) is 95.1 Å². The van der Waals surface area contributed by atoms with Gasteiger partial charge in [-0.05, 0) is 55.8 Å². The number of nitrogens with one attached hydrogen (secondary N) is 3. The third kappa shape index (κ3) is 5.59. The smallest absolute Gasteiger partial charge is 0.251 e. The van der Waals surface area contributed by atoms with Gasteiger partial charge in [0.15, 0.2) is 11.6 Å². The number of anilines is 1. The highest BCUT2D eigenvalue weighted by Crippen LogP contribution is 2.30. The number of aromatic nitrogens is 2. The van der Waals surface area contributed by atoms with Gasteiger partial charge in [-0.15, -0.1) is 0 Å². The maximum atomic E-state index is 15.1. The minimum Gasteiger partial charge on any atom is -0.507 e. The Hall–Kier alpha value is -4.90. The second kappa shape index (κ2) is 11.5. The minimum absolute atomic E-state index is 0.0217. The van der Waals surface area contributed by atoms with E-state index in [0.717, 1.165) is 13.0 Å². The largest absolute Gasteiger partial charge is 0.507 e. The van der Waals surface area contributed by atoms with Gasteiger partial charge >= 0.3 is 0 Å². The summed E-state index contributed by atoms with van der Waals surface area (Å²) in [7, 11) is 0. The van der Waals surface area contributed by atoms with E-state index in [4.69, 9.17) is 5.73 Å². The van der Waals surface area contributed by atoms with E-state index in [2.05, 4.69) is 25.9 Å². The Bertz CT molecular complexity index is 1590. The number of ketones is 1. The number of pyridine rings is 2. The highest BCUT2D eigenvalue weighted by Gasteiger charge is 2.28. The number of carbonyl (C=O) groups excluding carboxylic acids is 3. The van der Waals surface area contributed by atoms with Gasteiger partial charge in [0.2, 0.25) is 0 Å². The van der Waals surface area contributed by atoms with Crippen LogP contribution in [0.15, 0.2) is 67.0 Å².